The van der Waals surface area contributed by atoms with E-state index in [4.69, 9.17) is 0 Å². The second kappa shape index (κ2) is 5.99. The van der Waals surface area contributed by atoms with Gasteiger partial charge in [-0.15, -0.1) is 0 Å². The van der Waals surface area contributed by atoms with Crippen LogP contribution in [-0.4, -0.2) is 24.4 Å². The SMILES string of the molecule is CCc1c(O)n(CCCn2nc(C)cc2C)c(=O)[nH]c1=O. The summed E-state index contributed by atoms with van der Waals surface area (Å²) in [5, 5.41) is 14.4. The van der Waals surface area contributed by atoms with E-state index in [1.807, 2.05) is 24.6 Å². The number of aromatic hydroxyl groups is 1. The zero-order valence-electron chi connectivity index (χ0n) is 12.5. The fraction of sp³-hybridized carbons (Fsp3) is 0.500. The molecule has 2 aromatic heterocycles. The Labute approximate surface area is 121 Å². The molecule has 0 saturated carbocycles. The van der Waals surface area contributed by atoms with E-state index in [2.05, 4.69) is 10.1 Å². The third kappa shape index (κ3) is 3.07. The van der Waals surface area contributed by atoms with E-state index in [9.17, 15) is 14.7 Å². The first-order chi connectivity index (χ1) is 9.93. The number of hydrogen-bond donors (Lipinski definition) is 2. The molecule has 0 saturated heterocycles. The molecule has 0 fully saturated rings. The Morgan fingerprint density at radius 3 is 2.57 bits per heavy atom. The minimum absolute atomic E-state index is 0.236. The van der Waals surface area contributed by atoms with E-state index < -0.39 is 11.2 Å². The molecule has 2 aromatic rings. The van der Waals surface area contributed by atoms with Gasteiger partial charge in [-0.05, 0) is 32.8 Å². The van der Waals surface area contributed by atoms with E-state index in [0.717, 1.165) is 11.4 Å². The molecule has 0 spiro atoms. The van der Waals surface area contributed by atoms with Crippen molar-refractivity contribution in [2.75, 3.05) is 0 Å². The molecule has 0 unspecified atom stereocenters. The molecule has 0 aliphatic rings. The fourth-order valence-corrected chi connectivity index (χ4v) is 2.41. The van der Waals surface area contributed by atoms with E-state index >= 15 is 0 Å². The summed E-state index contributed by atoms with van der Waals surface area (Å²) in [6, 6.07) is 1.98. The van der Waals surface area contributed by atoms with Gasteiger partial charge in [0.2, 0.25) is 5.88 Å². The highest BCUT2D eigenvalue weighted by molar-refractivity contribution is 5.22. The third-order valence-electron chi connectivity index (χ3n) is 3.47. The lowest BCUT2D eigenvalue weighted by Gasteiger charge is -2.11. The first-order valence-corrected chi connectivity index (χ1v) is 7.00. The highest BCUT2D eigenvalue weighted by atomic mass is 16.3. The number of nitrogens with zero attached hydrogens (tertiary/aromatic N) is 3. The summed E-state index contributed by atoms with van der Waals surface area (Å²) in [7, 11) is 0. The minimum Gasteiger partial charge on any atom is -0.494 e. The molecule has 114 valence electrons. The predicted octanol–water partition coefficient (Wildman–Crippen LogP) is 0.708. The van der Waals surface area contributed by atoms with Gasteiger partial charge in [-0.3, -0.25) is 19.0 Å². The number of aromatic amines is 1. The molecular formula is C14H20N4O3. The number of aromatic nitrogens is 4. The lowest BCUT2D eigenvalue weighted by atomic mass is 10.2. The van der Waals surface area contributed by atoms with Crippen molar-refractivity contribution in [3.05, 3.63) is 43.9 Å². The van der Waals surface area contributed by atoms with Crippen LogP contribution >= 0.6 is 0 Å². The van der Waals surface area contributed by atoms with Gasteiger partial charge in [0.05, 0.1) is 11.3 Å². The van der Waals surface area contributed by atoms with Crippen LogP contribution in [0.15, 0.2) is 15.7 Å². The highest BCUT2D eigenvalue weighted by Gasteiger charge is 2.12. The van der Waals surface area contributed by atoms with Gasteiger partial charge in [0.15, 0.2) is 0 Å². The smallest absolute Gasteiger partial charge is 0.331 e. The molecule has 7 heteroatoms. The Morgan fingerprint density at radius 1 is 1.29 bits per heavy atom. The number of hydrogen-bond acceptors (Lipinski definition) is 4. The molecule has 0 aliphatic carbocycles. The summed E-state index contributed by atoms with van der Waals surface area (Å²) in [5.74, 6) is -0.236. The maximum Gasteiger partial charge on any atom is 0.331 e. The Morgan fingerprint density at radius 2 is 2.00 bits per heavy atom. The predicted molar refractivity (Wildman–Crippen MR) is 78.7 cm³/mol. The normalized spacial score (nSPS) is 11.0. The Kier molecular flexibility index (Phi) is 4.30. The van der Waals surface area contributed by atoms with E-state index in [1.54, 1.807) is 6.92 Å². The van der Waals surface area contributed by atoms with Crippen LogP contribution < -0.4 is 11.2 Å². The van der Waals surface area contributed by atoms with Crippen LogP contribution in [0.2, 0.25) is 0 Å². The summed E-state index contributed by atoms with van der Waals surface area (Å²) >= 11 is 0. The van der Waals surface area contributed by atoms with Crippen molar-refractivity contribution in [1.82, 2.24) is 19.3 Å². The number of H-pyrrole nitrogens is 1. The van der Waals surface area contributed by atoms with Crippen molar-refractivity contribution in [1.29, 1.82) is 0 Å². The second-order valence-corrected chi connectivity index (χ2v) is 5.07. The number of nitrogens with one attached hydrogen (secondary N) is 1. The molecule has 0 atom stereocenters. The first kappa shape index (κ1) is 15.1. The summed E-state index contributed by atoms with van der Waals surface area (Å²) in [4.78, 5) is 25.5. The van der Waals surface area contributed by atoms with E-state index in [0.29, 0.717) is 25.9 Å². The maximum absolute atomic E-state index is 11.8. The van der Waals surface area contributed by atoms with Gasteiger partial charge in [0.25, 0.3) is 5.56 Å². The average Bonchev–Trinajstić information content (AvgIpc) is 2.72. The summed E-state index contributed by atoms with van der Waals surface area (Å²) < 4.78 is 3.07. The van der Waals surface area contributed by atoms with Crippen LogP contribution in [-0.2, 0) is 19.5 Å². The largest absolute Gasteiger partial charge is 0.494 e. The third-order valence-corrected chi connectivity index (χ3v) is 3.47. The van der Waals surface area contributed by atoms with E-state index in [-0.39, 0.29) is 11.4 Å². The number of rotatable bonds is 5. The van der Waals surface area contributed by atoms with Crippen molar-refractivity contribution < 1.29 is 5.11 Å². The Hall–Kier alpha value is -2.31. The average molecular weight is 292 g/mol. The van der Waals surface area contributed by atoms with Crippen LogP contribution in [0.4, 0.5) is 0 Å². The van der Waals surface area contributed by atoms with Crippen LogP contribution in [0.5, 0.6) is 5.88 Å². The Balaban J connectivity index is 2.15. The molecule has 0 bridgehead atoms. The highest BCUT2D eigenvalue weighted by Crippen LogP contribution is 2.11. The van der Waals surface area contributed by atoms with Gasteiger partial charge >= 0.3 is 5.69 Å². The van der Waals surface area contributed by atoms with Crippen molar-refractivity contribution in [3.63, 3.8) is 0 Å². The molecule has 0 aromatic carbocycles. The minimum atomic E-state index is -0.580. The Bertz CT molecular complexity index is 755. The number of aryl methyl sites for hydroxylation is 3. The van der Waals surface area contributed by atoms with Crippen LogP contribution in [0.25, 0.3) is 0 Å². The van der Waals surface area contributed by atoms with Crippen LogP contribution in [0.1, 0.15) is 30.3 Å². The first-order valence-electron chi connectivity index (χ1n) is 7.00. The zero-order valence-corrected chi connectivity index (χ0v) is 12.5. The second-order valence-electron chi connectivity index (χ2n) is 5.07. The molecule has 0 aliphatic heterocycles. The topological polar surface area (TPSA) is 92.9 Å². The van der Waals surface area contributed by atoms with E-state index in [1.165, 1.54) is 4.57 Å². The lowest BCUT2D eigenvalue weighted by molar-refractivity contribution is 0.382. The molecule has 21 heavy (non-hydrogen) atoms. The summed E-state index contributed by atoms with van der Waals surface area (Å²) in [6.45, 7) is 6.63. The quantitative estimate of drug-likeness (QED) is 0.848. The van der Waals surface area contributed by atoms with Crippen molar-refractivity contribution in [2.45, 2.75) is 46.7 Å². The van der Waals surface area contributed by atoms with Crippen LogP contribution in [0.3, 0.4) is 0 Å². The summed E-state index contributed by atoms with van der Waals surface area (Å²) in [6.07, 6.45) is 1.00. The van der Waals surface area contributed by atoms with Gasteiger partial charge in [-0.2, -0.15) is 5.10 Å². The standard InChI is InChI=1S/C14H20N4O3/c1-4-11-12(19)15-14(21)17(13(11)20)6-5-7-18-10(3)8-9(2)16-18/h8,20H,4-7H2,1-3H3,(H,15,19,21). The molecule has 7 nitrogen and oxygen atoms in total. The lowest BCUT2D eigenvalue weighted by Crippen LogP contribution is -2.32. The fourth-order valence-electron chi connectivity index (χ4n) is 2.41. The van der Waals surface area contributed by atoms with Crippen molar-refractivity contribution in [3.8, 4) is 5.88 Å². The maximum atomic E-state index is 11.8. The van der Waals surface area contributed by atoms with Crippen molar-refractivity contribution in [2.24, 2.45) is 0 Å². The van der Waals surface area contributed by atoms with Gasteiger partial charge in [-0.1, -0.05) is 6.92 Å². The molecule has 2 rings (SSSR count). The van der Waals surface area contributed by atoms with Gasteiger partial charge in [0, 0.05) is 18.8 Å². The molecule has 0 radical (unpaired) electrons. The molecule has 0 amide bonds. The molecule has 2 heterocycles. The van der Waals surface area contributed by atoms with Crippen LogP contribution in [0, 0.1) is 13.8 Å². The summed E-state index contributed by atoms with van der Waals surface area (Å²) in [5.41, 5.74) is 1.14. The van der Waals surface area contributed by atoms with Gasteiger partial charge in [0.1, 0.15) is 0 Å². The monoisotopic (exact) mass is 292 g/mol. The molecule has 2 N–H and O–H groups in total. The molecular weight excluding hydrogens is 272 g/mol. The van der Waals surface area contributed by atoms with Gasteiger partial charge in [-0.25, -0.2) is 4.79 Å². The zero-order chi connectivity index (χ0) is 15.6. The van der Waals surface area contributed by atoms with Crippen molar-refractivity contribution >= 4 is 0 Å². The van der Waals surface area contributed by atoms with Gasteiger partial charge < -0.3 is 5.11 Å².